The molecule has 0 radical (unpaired) electrons. The molecule has 7 aromatic rings. The van der Waals surface area contributed by atoms with E-state index in [0.717, 1.165) is 34.5 Å². The van der Waals surface area contributed by atoms with Crippen molar-refractivity contribution in [3.63, 3.8) is 0 Å². The molecule has 0 spiro atoms. The lowest BCUT2D eigenvalue weighted by Crippen LogP contribution is -2.01. The normalized spacial score (nSPS) is 12.7. The summed E-state index contributed by atoms with van der Waals surface area (Å²) >= 11 is 0. The minimum atomic E-state index is 0.889. The zero-order chi connectivity index (χ0) is 28.8. The van der Waals surface area contributed by atoms with Gasteiger partial charge in [0.2, 0.25) is 0 Å². The first-order chi connectivity index (χ1) is 21.3. The van der Waals surface area contributed by atoms with Gasteiger partial charge in [-0.1, -0.05) is 133 Å². The molecule has 0 bridgehead atoms. The Morgan fingerprint density at radius 3 is 1.93 bits per heavy atom. The molecule has 8 rings (SSSR count). The van der Waals surface area contributed by atoms with Crippen LogP contribution in [0.4, 0.5) is 0 Å². The van der Waals surface area contributed by atoms with Crippen molar-refractivity contribution in [2.75, 3.05) is 0 Å². The van der Waals surface area contributed by atoms with Crippen molar-refractivity contribution in [2.45, 2.75) is 13.3 Å². The standard InChI is InChI=1S/C41H30N2/c1-28-21-24-33-34(25-22-28)40(30-15-7-3-8-16-30)36-27-32(23-26-35(36)39(33)29-13-5-2-6-14-29)43-38-20-12-11-19-37(38)42-41(43)31-17-9-4-10-18-31/h2-23,25-27H,24H2,1H3. The fourth-order valence-corrected chi connectivity index (χ4v) is 6.55. The molecule has 6 aromatic carbocycles. The van der Waals surface area contributed by atoms with Crippen LogP contribution in [0.5, 0.6) is 0 Å². The summed E-state index contributed by atoms with van der Waals surface area (Å²) in [6.45, 7) is 2.19. The van der Waals surface area contributed by atoms with Crippen LogP contribution in [0.2, 0.25) is 0 Å². The Kier molecular flexibility index (Phi) is 6.12. The van der Waals surface area contributed by atoms with Crippen LogP contribution < -0.4 is 0 Å². The minimum Gasteiger partial charge on any atom is -0.292 e. The quantitative estimate of drug-likeness (QED) is 0.213. The molecule has 0 N–H and O–H groups in total. The van der Waals surface area contributed by atoms with Gasteiger partial charge < -0.3 is 0 Å². The SMILES string of the molecule is CC1=CCc2c(c(-c3ccccc3)c3cc(-n4c(-c5ccccc5)nc5ccccc54)ccc3c2-c2ccccc2)C=C1. The third-order valence-electron chi connectivity index (χ3n) is 8.56. The van der Waals surface area contributed by atoms with Gasteiger partial charge in [0.1, 0.15) is 5.82 Å². The maximum Gasteiger partial charge on any atom is 0.145 e. The molecule has 0 atom stereocenters. The third-order valence-corrected chi connectivity index (χ3v) is 8.56. The highest BCUT2D eigenvalue weighted by molar-refractivity contribution is 6.11. The molecular weight excluding hydrogens is 520 g/mol. The van der Waals surface area contributed by atoms with E-state index in [0.29, 0.717) is 0 Å². The van der Waals surface area contributed by atoms with Gasteiger partial charge in [-0.15, -0.1) is 0 Å². The largest absolute Gasteiger partial charge is 0.292 e. The number of benzene rings is 6. The average Bonchev–Trinajstić information content (AvgIpc) is 3.36. The van der Waals surface area contributed by atoms with E-state index in [-0.39, 0.29) is 0 Å². The highest BCUT2D eigenvalue weighted by Crippen LogP contribution is 2.45. The van der Waals surface area contributed by atoms with Crippen molar-refractivity contribution in [2.24, 2.45) is 0 Å². The molecular formula is C41H30N2. The molecule has 1 heterocycles. The molecule has 1 aliphatic rings. The maximum atomic E-state index is 5.12. The van der Waals surface area contributed by atoms with E-state index in [1.54, 1.807) is 0 Å². The fraction of sp³-hybridized carbons (Fsp3) is 0.0488. The molecule has 1 aromatic heterocycles. The van der Waals surface area contributed by atoms with Crippen molar-refractivity contribution in [3.05, 3.63) is 162 Å². The van der Waals surface area contributed by atoms with Gasteiger partial charge in [0.05, 0.1) is 11.0 Å². The van der Waals surface area contributed by atoms with Gasteiger partial charge in [-0.25, -0.2) is 4.98 Å². The summed E-state index contributed by atoms with van der Waals surface area (Å²) in [5, 5.41) is 2.50. The molecule has 1 aliphatic carbocycles. The Balaban J connectivity index is 1.51. The minimum absolute atomic E-state index is 0.889. The van der Waals surface area contributed by atoms with Gasteiger partial charge in [-0.2, -0.15) is 0 Å². The summed E-state index contributed by atoms with van der Waals surface area (Å²) in [4.78, 5) is 5.12. The molecule has 2 heteroatoms. The predicted molar refractivity (Wildman–Crippen MR) is 181 cm³/mol. The Hall–Kier alpha value is -5.47. The molecule has 43 heavy (non-hydrogen) atoms. The highest BCUT2D eigenvalue weighted by atomic mass is 15.1. The van der Waals surface area contributed by atoms with Gasteiger partial charge in [0.15, 0.2) is 0 Å². The van der Waals surface area contributed by atoms with Crippen LogP contribution in [0.3, 0.4) is 0 Å². The van der Waals surface area contributed by atoms with Gasteiger partial charge in [0.25, 0.3) is 0 Å². The molecule has 0 unspecified atom stereocenters. The van der Waals surface area contributed by atoms with Crippen LogP contribution in [0.25, 0.3) is 67.2 Å². The molecule has 204 valence electrons. The van der Waals surface area contributed by atoms with E-state index in [1.165, 1.54) is 49.7 Å². The lowest BCUT2D eigenvalue weighted by molar-refractivity contribution is 1.11. The maximum absolute atomic E-state index is 5.12. The number of para-hydroxylation sites is 2. The second-order valence-electron chi connectivity index (χ2n) is 11.2. The number of hydrogen-bond donors (Lipinski definition) is 0. The van der Waals surface area contributed by atoms with E-state index in [4.69, 9.17) is 4.98 Å². The predicted octanol–water partition coefficient (Wildman–Crippen LogP) is 10.7. The number of fused-ring (bicyclic) bond motifs is 3. The van der Waals surface area contributed by atoms with Crippen molar-refractivity contribution >= 4 is 27.9 Å². The van der Waals surface area contributed by atoms with E-state index < -0.39 is 0 Å². The first-order valence-corrected chi connectivity index (χ1v) is 14.9. The Labute approximate surface area is 251 Å². The molecule has 0 aliphatic heterocycles. The van der Waals surface area contributed by atoms with Crippen molar-refractivity contribution in [1.29, 1.82) is 0 Å². The van der Waals surface area contributed by atoms with Crippen LogP contribution in [-0.4, -0.2) is 9.55 Å². The second kappa shape index (κ2) is 10.4. The van der Waals surface area contributed by atoms with Crippen molar-refractivity contribution in [3.8, 4) is 39.3 Å². The Morgan fingerprint density at radius 2 is 1.21 bits per heavy atom. The lowest BCUT2D eigenvalue weighted by Gasteiger charge is -2.22. The van der Waals surface area contributed by atoms with Gasteiger partial charge in [0, 0.05) is 11.3 Å². The summed E-state index contributed by atoms with van der Waals surface area (Å²) in [6, 6.07) is 47.6. The number of rotatable bonds is 4. The van der Waals surface area contributed by atoms with Crippen LogP contribution in [-0.2, 0) is 6.42 Å². The summed E-state index contributed by atoms with van der Waals surface area (Å²) in [6.07, 6.45) is 7.84. The summed E-state index contributed by atoms with van der Waals surface area (Å²) < 4.78 is 2.31. The number of hydrogen-bond acceptors (Lipinski definition) is 1. The lowest BCUT2D eigenvalue weighted by atomic mass is 9.82. The first kappa shape index (κ1) is 25.3. The Morgan fingerprint density at radius 1 is 0.581 bits per heavy atom. The van der Waals surface area contributed by atoms with Crippen LogP contribution in [0.15, 0.2) is 151 Å². The molecule has 0 saturated carbocycles. The van der Waals surface area contributed by atoms with Crippen LogP contribution in [0.1, 0.15) is 18.1 Å². The summed E-state index contributed by atoms with van der Waals surface area (Å²) in [7, 11) is 0. The smallest absolute Gasteiger partial charge is 0.145 e. The van der Waals surface area contributed by atoms with Crippen molar-refractivity contribution < 1.29 is 0 Å². The fourth-order valence-electron chi connectivity index (χ4n) is 6.55. The molecule has 0 fully saturated rings. The zero-order valence-corrected chi connectivity index (χ0v) is 24.0. The first-order valence-electron chi connectivity index (χ1n) is 14.9. The average molecular weight is 551 g/mol. The zero-order valence-electron chi connectivity index (χ0n) is 24.0. The van der Waals surface area contributed by atoms with E-state index in [1.807, 2.05) is 0 Å². The number of aromatic nitrogens is 2. The number of nitrogens with zero attached hydrogens (tertiary/aromatic N) is 2. The number of imidazole rings is 1. The molecule has 0 saturated heterocycles. The van der Waals surface area contributed by atoms with Gasteiger partial charge in [-0.05, 0) is 81.8 Å². The molecule has 2 nitrogen and oxygen atoms in total. The highest BCUT2D eigenvalue weighted by Gasteiger charge is 2.22. The third kappa shape index (κ3) is 4.31. The number of allylic oxidation sites excluding steroid dienone is 3. The van der Waals surface area contributed by atoms with E-state index in [2.05, 4.69) is 163 Å². The van der Waals surface area contributed by atoms with Crippen LogP contribution in [0, 0.1) is 0 Å². The molecule has 0 amide bonds. The monoisotopic (exact) mass is 550 g/mol. The van der Waals surface area contributed by atoms with Gasteiger partial charge in [-0.3, -0.25) is 4.57 Å². The van der Waals surface area contributed by atoms with Gasteiger partial charge >= 0.3 is 0 Å². The van der Waals surface area contributed by atoms with E-state index >= 15 is 0 Å². The van der Waals surface area contributed by atoms with Crippen molar-refractivity contribution in [1.82, 2.24) is 9.55 Å². The second-order valence-corrected chi connectivity index (χ2v) is 11.2. The summed E-state index contributed by atoms with van der Waals surface area (Å²) in [5.41, 5.74) is 13.3. The Bertz CT molecular complexity index is 2180. The van der Waals surface area contributed by atoms with E-state index in [9.17, 15) is 0 Å². The van der Waals surface area contributed by atoms with Crippen LogP contribution >= 0.6 is 0 Å². The summed E-state index contributed by atoms with van der Waals surface area (Å²) in [5.74, 6) is 0.945. The topological polar surface area (TPSA) is 17.8 Å².